The fourth-order valence-corrected chi connectivity index (χ4v) is 3.22. The molecule has 1 aromatic heterocycles. The summed E-state index contributed by atoms with van der Waals surface area (Å²) in [6.45, 7) is 3.25. The first-order valence-corrected chi connectivity index (χ1v) is 8.61. The number of hydrogen-bond donors (Lipinski definition) is 1. The Balaban J connectivity index is 1.70. The molecule has 5 nitrogen and oxygen atoms in total. The summed E-state index contributed by atoms with van der Waals surface area (Å²) in [6, 6.07) is 5.66. The van der Waals surface area contributed by atoms with Crippen molar-refractivity contribution >= 4 is 23.3 Å². The van der Waals surface area contributed by atoms with Gasteiger partial charge in [0.25, 0.3) is 5.91 Å². The zero-order valence-corrected chi connectivity index (χ0v) is 15.2. The Bertz CT molecular complexity index is 865. The molecule has 1 aliphatic heterocycles. The summed E-state index contributed by atoms with van der Waals surface area (Å²) in [5.41, 5.74) is 0.185. The number of halogens is 4. The molecule has 2 aromatic rings. The van der Waals surface area contributed by atoms with Crippen LogP contribution in [0.5, 0.6) is 5.75 Å². The summed E-state index contributed by atoms with van der Waals surface area (Å²) in [6.07, 6.45) is -3.75. The third-order valence-corrected chi connectivity index (χ3v) is 4.68. The molecule has 2 heterocycles. The maximum atomic E-state index is 12.7. The number of piperazine rings is 1. The van der Waals surface area contributed by atoms with Crippen LogP contribution in [0.25, 0.3) is 0 Å². The molecular formula is C18H17ClF3N3O2. The van der Waals surface area contributed by atoms with Gasteiger partial charge >= 0.3 is 6.18 Å². The Hall–Kier alpha value is -2.48. The number of rotatable bonds is 2. The van der Waals surface area contributed by atoms with E-state index < -0.39 is 11.7 Å². The number of benzene rings is 1. The lowest BCUT2D eigenvalue weighted by Crippen LogP contribution is -2.49. The average molecular weight is 400 g/mol. The molecule has 0 unspecified atom stereocenters. The highest BCUT2D eigenvalue weighted by Crippen LogP contribution is 2.33. The number of alkyl halides is 3. The topological polar surface area (TPSA) is 56.7 Å². The van der Waals surface area contributed by atoms with Crippen molar-refractivity contribution < 1.29 is 23.1 Å². The van der Waals surface area contributed by atoms with Gasteiger partial charge in [0, 0.05) is 32.4 Å². The van der Waals surface area contributed by atoms with Gasteiger partial charge in [0.1, 0.15) is 11.6 Å². The first-order valence-electron chi connectivity index (χ1n) is 8.23. The molecule has 1 N–H and O–H groups in total. The van der Waals surface area contributed by atoms with Crippen LogP contribution in [0.4, 0.5) is 19.0 Å². The van der Waals surface area contributed by atoms with Crippen molar-refractivity contribution in [3.8, 4) is 5.75 Å². The molecule has 144 valence electrons. The standard InChI is InChI=1S/C18H17ClF3N3O2/c1-11-2-3-15(26)13(8-11)17(27)25-6-4-24(5-7-25)16-14(19)9-12(10-23-16)18(20,21)22/h2-3,8-10,26H,4-7H2,1H3. The summed E-state index contributed by atoms with van der Waals surface area (Å²) < 4.78 is 38.2. The highest BCUT2D eigenvalue weighted by Gasteiger charge is 2.32. The molecule has 1 fully saturated rings. The van der Waals surface area contributed by atoms with Crippen molar-refractivity contribution in [2.24, 2.45) is 0 Å². The second-order valence-corrected chi connectivity index (χ2v) is 6.73. The fraction of sp³-hybridized carbons (Fsp3) is 0.333. The Morgan fingerprint density at radius 3 is 2.44 bits per heavy atom. The van der Waals surface area contributed by atoms with Crippen LogP contribution in [0.1, 0.15) is 21.5 Å². The maximum absolute atomic E-state index is 12.7. The van der Waals surface area contributed by atoms with E-state index in [2.05, 4.69) is 4.98 Å². The van der Waals surface area contributed by atoms with E-state index in [1.165, 1.54) is 6.07 Å². The number of anilines is 1. The smallest absolute Gasteiger partial charge is 0.417 e. The van der Waals surface area contributed by atoms with Crippen LogP contribution >= 0.6 is 11.6 Å². The Morgan fingerprint density at radius 1 is 1.19 bits per heavy atom. The molecule has 9 heteroatoms. The van der Waals surface area contributed by atoms with Crippen LogP contribution in [0.2, 0.25) is 5.02 Å². The molecule has 0 aliphatic carbocycles. The van der Waals surface area contributed by atoms with Gasteiger partial charge in [-0.1, -0.05) is 23.2 Å². The summed E-state index contributed by atoms with van der Waals surface area (Å²) in [4.78, 5) is 19.8. The molecule has 27 heavy (non-hydrogen) atoms. The molecule has 0 atom stereocenters. The van der Waals surface area contributed by atoms with Crippen LogP contribution in [0.15, 0.2) is 30.5 Å². The van der Waals surface area contributed by atoms with E-state index in [4.69, 9.17) is 11.6 Å². The fourth-order valence-electron chi connectivity index (χ4n) is 2.93. The monoisotopic (exact) mass is 399 g/mol. The second-order valence-electron chi connectivity index (χ2n) is 6.33. The molecule has 0 saturated carbocycles. The summed E-state index contributed by atoms with van der Waals surface area (Å²) >= 11 is 5.98. The van der Waals surface area contributed by atoms with Crippen LogP contribution < -0.4 is 4.90 Å². The number of carbonyl (C=O) groups excluding carboxylic acids is 1. The molecule has 1 aromatic carbocycles. The molecule has 1 saturated heterocycles. The lowest BCUT2D eigenvalue weighted by molar-refractivity contribution is -0.137. The molecule has 3 rings (SSSR count). The molecule has 1 aliphatic rings. The molecule has 1 amide bonds. The number of phenols is 1. The van der Waals surface area contributed by atoms with Crippen molar-refractivity contribution in [2.45, 2.75) is 13.1 Å². The third-order valence-electron chi connectivity index (χ3n) is 4.40. The van der Waals surface area contributed by atoms with Crippen molar-refractivity contribution in [1.82, 2.24) is 9.88 Å². The van der Waals surface area contributed by atoms with Crippen molar-refractivity contribution in [3.63, 3.8) is 0 Å². The first-order chi connectivity index (χ1) is 12.7. The minimum absolute atomic E-state index is 0.0825. The van der Waals surface area contributed by atoms with Crippen LogP contribution in [0.3, 0.4) is 0 Å². The maximum Gasteiger partial charge on any atom is 0.417 e. The summed E-state index contributed by atoms with van der Waals surface area (Å²) in [5, 5.41) is 9.83. The number of hydrogen-bond acceptors (Lipinski definition) is 4. The Morgan fingerprint density at radius 2 is 1.85 bits per heavy atom. The molecule has 0 bridgehead atoms. The minimum Gasteiger partial charge on any atom is -0.507 e. The number of nitrogens with zero attached hydrogens (tertiary/aromatic N) is 3. The van der Waals surface area contributed by atoms with Crippen molar-refractivity contribution in [2.75, 3.05) is 31.1 Å². The van der Waals surface area contributed by atoms with Gasteiger partial charge in [0.2, 0.25) is 0 Å². The molecule has 0 spiro atoms. The number of phenolic OH excluding ortho intramolecular Hbond substituents is 1. The molecule has 0 radical (unpaired) electrons. The van der Waals surface area contributed by atoms with Gasteiger partial charge in [-0.2, -0.15) is 13.2 Å². The van der Waals surface area contributed by atoms with E-state index in [1.807, 2.05) is 6.92 Å². The van der Waals surface area contributed by atoms with Gasteiger partial charge < -0.3 is 14.9 Å². The first kappa shape index (κ1) is 19.3. The summed E-state index contributed by atoms with van der Waals surface area (Å²) in [7, 11) is 0. The Kier molecular flexibility index (Phi) is 5.19. The third kappa shape index (κ3) is 4.10. The number of aryl methyl sites for hydroxylation is 1. The zero-order chi connectivity index (χ0) is 19.8. The number of aromatic hydroxyl groups is 1. The van der Waals surface area contributed by atoms with E-state index in [1.54, 1.807) is 21.9 Å². The van der Waals surface area contributed by atoms with Gasteiger partial charge in [-0.15, -0.1) is 0 Å². The minimum atomic E-state index is -4.50. The highest BCUT2D eigenvalue weighted by atomic mass is 35.5. The number of amides is 1. The van der Waals surface area contributed by atoms with E-state index in [0.29, 0.717) is 26.2 Å². The largest absolute Gasteiger partial charge is 0.507 e. The Labute approximate surface area is 159 Å². The van der Waals surface area contributed by atoms with Gasteiger partial charge in [-0.3, -0.25) is 4.79 Å². The predicted octanol–water partition coefficient (Wildman–Crippen LogP) is 3.73. The van der Waals surface area contributed by atoms with Crippen LogP contribution in [-0.2, 0) is 6.18 Å². The van der Waals surface area contributed by atoms with Crippen molar-refractivity contribution in [3.05, 3.63) is 52.2 Å². The van der Waals surface area contributed by atoms with Crippen molar-refractivity contribution in [1.29, 1.82) is 0 Å². The summed E-state index contributed by atoms with van der Waals surface area (Å²) in [5.74, 6) is -0.113. The van der Waals surface area contributed by atoms with Gasteiger partial charge in [0.15, 0.2) is 0 Å². The predicted molar refractivity (Wildman–Crippen MR) is 95.2 cm³/mol. The molecular weight excluding hydrogens is 383 g/mol. The SMILES string of the molecule is Cc1ccc(O)c(C(=O)N2CCN(c3ncc(C(F)(F)F)cc3Cl)CC2)c1. The van der Waals surface area contributed by atoms with Gasteiger partial charge in [0.05, 0.1) is 16.1 Å². The number of pyridine rings is 1. The van der Waals surface area contributed by atoms with E-state index in [9.17, 15) is 23.1 Å². The van der Waals surface area contributed by atoms with Gasteiger partial charge in [-0.05, 0) is 25.1 Å². The van der Waals surface area contributed by atoms with E-state index in [0.717, 1.165) is 17.8 Å². The number of carbonyl (C=O) groups is 1. The highest BCUT2D eigenvalue weighted by molar-refractivity contribution is 6.33. The number of aromatic nitrogens is 1. The van der Waals surface area contributed by atoms with Gasteiger partial charge in [-0.25, -0.2) is 4.98 Å². The van der Waals surface area contributed by atoms with Crippen LogP contribution in [0, 0.1) is 6.92 Å². The second kappa shape index (κ2) is 7.26. The lowest BCUT2D eigenvalue weighted by atomic mass is 10.1. The van der Waals surface area contributed by atoms with Crippen LogP contribution in [-0.4, -0.2) is 47.1 Å². The lowest BCUT2D eigenvalue weighted by Gasteiger charge is -2.36. The zero-order valence-electron chi connectivity index (χ0n) is 14.4. The van der Waals surface area contributed by atoms with E-state index >= 15 is 0 Å². The quantitative estimate of drug-likeness (QED) is 0.836. The normalized spacial score (nSPS) is 15.1. The van der Waals surface area contributed by atoms with E-state index in [-0.39, 0.29) is 28.1 Å². The average Bonchev–Trinajstić information content (AvgIpc) is 2.62.